The second-order valence-corrected chi connectivity index (χ2v) is 8.73. The minimum atomic E-state index is -0.555. The van der Waals surface area contributed by atoms with Crippen LogP contribution in [-0.4, -0.2) is 78.9 Å². The molecule has 178 valence electrons. The molecule has 33 heavy (non-hydrogen) atoms. The van der Waals surface area contributed by atoms with Crippen LogP contribution in [0.15, 0.2) is 30.3 Å². The number of piperazine rings is 1. The summed E-state index contributed by atoms with van der Waals surface area (Å²) in [6, 6.07) is 9.52. The van der Waals surface area contributed by atoms with Crippen molar-refractivity contribution in [3.05, 3.63) is 36.0 Å². The molecule has 2 amide bonds. The van der Waals surface area contributed by atoms with E-state index in [0.717, 1.165) is 50.6 Å². The van der Waals surface area contributed by atoms with Gasteiger partial charge in [0, 0.05) is 50.9 Å². The highest BCUT2D eigenvalue weighted by Crippen LogP contribution is 2.25. The number of rotatable bonds is 8. The number of nitrogens with one attached hydrogen (secondary N) is 1. The Morgan fingerprint density at radius 2 is 1.88 bits per heavy atom. The third-order valence-electron chi connectivity index (χ3n) is 6.46. The lowest BCUT2D eigenvalue weighted by molar-refractivity contribution is -0.126. The molecule has 2 aliphatic heterocycles. The van der Waals surface area contributed by atoms with Crippen molar-refractivity contribution in [2.75, 3.05) is 56.2 Å². The average Bonchev–Trinajstić information content (AvgIpc) is 3.22. The number of anilines is 2. The van der Waals surface area contributed by atoms with Gasteiger partial charge in [-0.25, -0.2) is 4.68 Å². The number of methoxy groups -OCH3 is 1. The summed E-state index contributed by atoms with van der Waals surface area (Å²) < 4.78 is 7.05. The lowest BCUT2D eigenvalue weighted by Crippen LogP contribution is -2.51. The van der Waals surface area contributed by atoms with E-state index in [1.807, 2.05) is 29.8 Å². The molecule has 1 fully saturated rings. The van der Waals surface area contributed by atoms with E-state index in [1.54, 1.807) is 18.9 Å². The van der Waals surface area contributed by atoms with Crippen LogP contribution in [0.25, 0.3) is 0 Å². The Morgan fingerprint density at radius 3 is 2.58 bits per heavy atom. The van der Waals surface area contributed by atoms with Gasteiger partial charge in [0.05, 0.1) is 19.3 Å². The number of aromatic nitrogens is 2. The lowest BCUT2D eigenvalue weighted by Gasteiger charge is -2.36. The summed E-state index contributed by atoms with van der Waals surface area (Å²) in [4.78, 5) is 31.6. The molecule has 1 saturated heterocycles. The summed E-state index contributed by atoms with van der Waals surface area (Å²) >= 11 is 0. The zero-order valence-electron chi connectivity index (χ0n) is 19.8. The number of fused-ring (bicyclic) bond motifs is 1. The molecule has 1 aromatic heterocycles. The monoisotopic (exact) mass is 454 g/mol. The number of hydrogen-bond acceptors (Lipinski definition) is 6. The molecular weight excluding hydrogens is 420 g/mol. The first kappa shape index (κ1) is 23.1. The van der Waals surface area contributed by atoms with Crippen molar-refractivity contribution in [1.82, 2.24) is 20.0 Å². The average molecular weight is 455 g/mol. The van der Waals surface area contributed by atoms with Crippen molar-refractivity contribution in [1.29, 1.82) is 0 Å². The van der Waals surface area contributed by atoms with Gasteiger partial charge in [0.1, 0.15) is 17.6 Å². The van der Waals surface area contributed by atoms with E-state index < -0.39 is 6.04 Å². The molecule has 1 unspecified atom stereocenters. The van der Waals surface area contributed by atoms with E-state index in [1.165, 1.54) is 5.69 Å². The van der Waals surface area contributed by atoms with Crippen molar-refractivity contribution in [2.45, 2.75) is 39.3 Å². The minimum absolute atomic E-state index is 0.0280. The number of carbonyl (C=O) groups excluding carboxylic acids is 2. The largest absolute Gasteiger partial charge is 0.497 e. The predicted octanol–water partition coefficient (Wildman–Crippen LogP) is 1.65. The molecule has 2 aliphatic rings. The molecule has 0 radical (unpaired) electrons. The Labute approximate surface area is 195 Å². The molecular formula is C24H34N6O3. The van der Waals surface area contributed by atoms with Gasteiger partial charge >= 0.3 is 0 Å². The maximum absolute atomic E-state index is 12.7. The Morgan fingerprint density at radius 1 is 1.15 bits per heavy atom. The summed E-state index contributed by atoms with van der Waals surface area (Å²) in [6.45, 7) is 9.77. The van der Waals surface area contributed by atoms with Crippen LogP contribution in [0, 0.1) is 6.92 Å². The molecule has 1 N–H and O–H groups in total. The molecule has 1 aromatic carbocycles. The summed E-state index contributed by atoms with van der Waals surface area (Å²) in [5.74, 6) is 1.43. The topological polar surface area (TPSA) is 82.9 Å². The second kappa shape index (κ2) is 10.2. The Balaban J connectivity index is 1.19. The number of ether oxygens (including phenoxy) is 1. The third kappa shape index (κ3) is 5.30. The highest BCUT2D eigenvalue weighted by atomic mass is 16.5. The van der Waals surface area contributed by atoms with Gasteiger partial charge < -0.3 is 15.0 Å². The van der Waals surface area contributed by atoms with Gasteiger partial charge in [-0.05, 0) is 51.1 Å². The Kier molecular flexibility index (Phi) is 7.17. The van der Waals surface area contributed by atoms with Gasteiger partial charge in [-0.3, -0.25) is 19.4 Å². The quantitative estimate of drug-likeness (QED) is 0.611. The van der Waals surface area contributed by atoms with Crippen LogP contribution in [0.5, 0.6) is 5.75 Å². The van der Waals surface area contributed by atoms with E-state index in [2.05, 4.69) is 32.3 Å². The van der Waals surface area contributed by atoms with Crippen LogP contribution >= 0.6 is 0 Å². The third-order valence-corrected chi connectivity index (χ3v) is 6.46. The van der Waals surface area contributed by atoms with E-state index in [0.29, 0.717) is 25.3 Å². The van der Waals surface area contributed by atoms with Crippen molar-refractivity contribution in [2.24, 2.45) is 0 Å². The van der Waals surface area contributed by atoms with Gasteiger partial charge in [-0.2, -0.15) is 5.10 Å². The van der Waals surface area contributed by atoms with Crippen LogP contribution in [-0.2, 0) is 16.1 Å². The Bertz CT molecular complexity index is 965. The number of carbonyl (C=O) groups is 2. The molecule has 9 heteroatoms. The van der Waals surface area contributed by atoms with Gasteiger partial charge in [0.25, 0.3) is 0 Å². The van der Waals surface area contributed by atoms with Crippen LogP contribution in [0.1, 0.15) is 25.5 Å². The predicted molar refractivity (Wildman–Crippen MR) is 128 cm³/mol. The fraction of sp³-hybridized carbons (Fsp3) is 0.542. The molecule has 9 nitrogen and oxygen atoms in total. The van der Waals surface area contributed by atoms with E-state index in [-0.39, 0.29) is 11.8 Å². The van der Waals surface area contributed by atoms with Gasteiger partial charge in [0.2, 0.25) is 11.8 Å². The van der Waals surface area contributed by atoms with Gasteiger partial charge in [-0.1, -0.05) is 0 Å². The molecule has 0 aliphatic carbocycles. The molecule has 0 saturated carbocycles. The van der Waals surface area contributed by atoms with Crippen molar-refractivity contribution in [3.63, 3.8) is 0 Å². The second-order valence-electron chi connectivity index (χ2n) is 8.73. The molecule has 0 spiro atoms. The fourth-order valence-electron chi connectivity index (χ4n) is 4.56. The summed E-state index contributed by atoms with van der Waals surface area (Å²) in [6.07, 6.45) is 1.25. The molecule has 3 heterocycles. The standard InChI is InChI=1S/C24H34N6O3/c1-18-17-22-29(26-18)12-9-23(31)30(22)19(2)24(32)25-10-4-11-27-13-15-28(16-14-27)20-5-7-21(33-3)8-6-20/h5-8,17,19H,4,9-16H2,1-3H3,(H,25,32). The van der Waals surface area contributed by atoms with Crippen LogP contribution in [0.3, 0.4) is 0 Å². The Hall–Kier alpha value is -3.07. The fourth-order valence-corrected chi connectivity index (χ4v) is 4.56. The highest BCUT2D eigenvalue weighted by Gasteiger charge is 2.33. The zero-order valence-corrected chi connectivity index (χ0v) is 19.8. The number of benzene rings is 1. The SMILES string of the molecule is COc1ccc(N2CCN(CCCNC(=O)C(C)N3C(=O)CCn4nc(C)cc43)CC2)cc1. The number of amides is 2. The first-order valence-corrected chi connectivity index (χ1v) is 11.7. The van der Waals surface area contributed by atoms with Crippen molar-refractivity contribution < 1.29 is 14.3 Å². The summed E-state index contributed by atoms with van der Waals surface area (Å²) in [7, 11) is 1.68. The van der Waals surface area contributed by atoms with Crippen LogP contribution < -0.4 is 19.9 Å². The van der Waals surface area contributed by atoms with Crippen molar-refractivity contribution >= 4 is 23.3 Å². The maximum Gasteiger partial charge on any atom is 0.242 e. The van der Waals surface area contributed by atoms with E-state index in [9.17, 15) is 9.59 Å². The van der Waals surface area contributed by atoms with Gasteiger partial charge in [0.15, 0.2) is 0 Å². The molecule has 2 aromatic rings. The number of nitrogens with zero attached hydrogens (tertiary/aromatic N) is 5. The molecule has 0 bridgehead atoms. The minimum Gasteiger partial charge on any atom is -0.497 e. The van der Waals surface area contributed by atoms with Crippen molar-refractivity contribution in [3.8, 4) is 5.75 Å². The van der Waals surface area contributed by atoms with Crippen LogP contribution in [0.4, 0.5) is 11.5 Å². The first-order chi connectivity index (χ1) is 16.0. The lowest BCUT2D eigenvalue weighted by atomic mass is 10.2. The van der Waals surface area contributed by atoms with Crippen LogP contribution in [0.2, 0.25) is 0 Å². The van der Waals surface area contributed by atoms with E-state index in [4.69, 9.17) is 4.74 Å². The highest BCUT2D eigenvalue weighted by molar-refractivity contribution is 6.00. The number of hydrogen-bond donors (Lipinski definition) is 1. The molecule has 1 atom stereocenters. The number of aryl methyl sites for hydroxylation is 2. The maximum atomic E-state index is 12.7. The first-order valence-electron chi connectivity index (χ1n) is 11.7. The summed E-state index contributed by atoms with van der Waals surface area (Å²) in [5, 5.41) is 7.43. The zero-order chi connectivity index (χ0) is 23.4. The smallest absolute Gasteiger partial charge is 0.242 e. The normalized spacial score (nSPS) is 17.6. The van der Waals surface area contributed by atoms with E-state index >= 15 is 0 Å². The van der Waals surface area contributed by atoms with Gasteiger partial charge in [-0.15, -0.1) is 0 Å². The molecule has 4 rings (SSSR count). The summed E-state index contributed by atoms with van der Waals surface area (Å²) in [5.41, 5.74) is 2.07.